The van der Waals surface area contributed by atoms with Crippen molar-refractivity contribution in [2.45, 2.75) is 0 Å². The highest BCUT2D eigenvalue weighted by Crippen LogP contribution is 2.17. The fourth-order valence-corrected chi connectivity index (χ4v) is 3.43. The van der Waals surface area contributed by atoms with Gasteiger partial charge in [0.15, 0.2) is 5.82 Å². The predicted molar refractivity (Wildman–Crippen MR) is 103 cm³/mol. The van der Waals surface area contributed by atoms with E-state index in [1.165, 1.54) is 28.0 Å². The lowest BCUT2D eigenvalue weighted by Crippen LogP contribution is -2.23. The highest BCUT2D eigenvalue weighted by Gasteiger charge is 2.12. The van der Waals surface area contributed by atoms with Gasteiger partial charge in [0.2, 0.25) is 4.96 Å². The van der Waals surface area contributed by atoms with E-state index in [9.17, 15) is 9.18 Å². The highest BCUT2D eigenvalue weighted by molar-refractivity contribution is 7.15. The minimum Gasteiger partial charge on any atom is -0.490 e. The Morgan fingerprint density at radius 2 is 1.89 bits per heavy atom. The number of nitrogens with zero attached hydrogens (tertiary/aromatic N) is 3. The zero-order valence-electron chi connectivity index (χ0n) is 14.1. The first-order chi connectivity index (χ1) is 13.1. The lowest BCUT2D eigenvalue weighted by Gasteiger charge is -2.02. The number of hydrogen-bond acceptors (Lipinski definition) is 5. The summed E-state index contributed by atoms with van der Waals surface area (Å²) in [4.78, 5) is 17.5. The number of aromatic nitrogens is 3. The van der Waals surface area contributed by atoms with Crippen LogP contribution in [0.1, 0.15) is 5.56 Å². The van der Waals surface area contributed by atoms with Gasteiger partial charge in [-0.25, -0.2) is 4.39 Å². The van der Waals surface area contributed by atoms with Gasteiger partial charge in [0.05, 0.1) is 4.53 Å². The molecule has 0 aliphatic carbocycles. The van der Waals surface area contributed by atoms with E-state index in [2.05, 4.69) is 16.7 Å². The predicted octanol–water partition coefficient (Wildman–Crippen LogP) is 3.07. The number of ether oxygens (including phenoxy) is 1. The zero-order valence-corrected chi connectivity index (χ0v) is 14.9. The van der Waals surface area contributed by atoms with Crippen molar-refractivity contribution in [3.8, 4) is 17.1 Å². The van der Waals surface area contributed by atoms with Crippen molar-refractivity contribution in [2.75, 3.05) is 6.61 Å². The monoisotopic (exact) mass is 379 g/mol. The first-order valence-electron chi connectivity index (χ1n) is 8.15. The summed E-state index contributed by atoms with van der Waals surface area (Å²) in [6, 6.07) is 13.3. The van der Waals surface area contributed by atoms with Crippen molar-refractivity contribution in [2.24, 2.45) is 0 Å². The fraction of sp³-hybridized carbons (Fsp3) is 0.0500. The van der Waals surface area contributed by atoms with Crippen LogP contribution < -0.4 is 14.8 Å². The third-order valence-corrected chi connectivity index (χ3v) is 4.79. The molecule has 0 saturated carbocycles. The lowest BCUT2D eigenvalue weighted by atomic mass is 10.2. The molecule has 0 bridgehead atoms. The molecule has 0 aliphatic heterocycles. The van der Waals surface area contributed by atoms with Crippen LogP contribution in [-0.2, 0) is 0 Å². The molecule has 0 amide bonds. The minimum atomic E-state index is -0.331. The van der Waals surface area contributed by atoms with Crippen LogP contribution in [-0.4, -0.2) is 21.2 Å². The summed E-state index contributed by atoms with van der Waals surface area (Å²) in [6.45, 7) is 4.05. The van der Waals surface area contributed by atoms with E-state index in [1.807, 2.05) is 24.3 Å². The van der Waals surface area contributed by atoms with Gasteiger partial charge in [-0.3, -0.25) is 4.79 Å². The topological polar surface area (TPSA) is 56.5 Å². The van der Waals surface area contributed by atoms with Gasteiger partial charge in [-0.05, 0) is 48.0 Å². The van der Waals surface area contributed by atoms with Crippen molar-refractivity contribution in [1.29, 1.82) is 0 Å². The molecule has 0 radical (unpaired) electrons. The number of benzene rings is 2. The van der Waals surface area contributed by atoms with E-state index < -0.39 is 0 Å². The number of hydrogen-bond donors (Lipinski definition) is 0. The summed E-state index contributed by atoms with van der Waals surface area (Å²) in [6.07, 6.45) is 3.47. The normalized spacial score (nSPS) is 11.8. The van der Waals surface area contributed by atoms with Crippen LogP contribution in [0.15, 0.2) is 66.0 Å². The Kier molecular flexibility index (Phi) is 4.52. The molecule has 4 aromatic rings. The van der Waals surface area contributed by atoms with Crippen LogP contribution in [0, 0.1) is 5.82 Å². The van der Waals surface area contributed by atoms with E-state index in [0.29, 0.717) is 27.5 Å². The molecule has 7 heteroatoms. The largest absolute Gasteiger partial charge is 0.490 e. The lowest BCUT2D eigenvalue weighted by molar-refractivity contribution is 0.363. The van der Waals surface area contributed by atoms with Gasteiger partial charge in [0.25, 0.3) is 5.56 Å². The molecule has 0 N–H and O–H groups in total. The summed E-state index contributed by atoms with van der Waals surface area (Å²) in [5, 5.41) is 4.25. The second-order valence-corrected chi connectivity index (χ2v) is 6.73. The van der Waals surface area contributed by atoms with Crippen LogP contribution in [0.25, 0.3) is 22.4 Å². The number of halogens is 1. The maximum atomic E-state index is 13.0. The molecule has 2 heterocycles. The van der Waals surface area contributed by atoms with Crippen molar-refractivity contribution in [1.82, 2.24) is 14.6 Å². The Morgan fingerprint density at radius 1 is 1.15 bits per heavy atom. The van der Waals surface area contributed by atoms with E-state index >= 15 is 0 Å². The molecule has 5 nitrogen and oxygen atoms in total. The molecular formula is C20H14FN3O2S. The van der Waals surface area contributed by atoms with Crippen molar-refractivity contribution >= 4 is 22.4 Å². The number of rotatable bonds is 5. The summed E-state index contributed by atoms with van der Waals surface area (Å²) in [7, 11) is 0. The summed E-state index contributed by atoms with van der Waals surface area (Å²) < 4.78 is 20.3. The molecule has 0 unspecified atom stereocenters. The van der Waals surface area contributed by atoms with Crippen molar-refractivity contribution in [3.05, 3.63) is 87.5 Å². The summed E-state index contributed by atoms with van der Waals surface area (Å²) in [5.74, 6) is 0.802. The maximum absolute atomic E-state index is 13.0. The van der Waals surface area contributed by atoms with Crippen LogP contribution in [0.4, 0.5) is 4.39 Å². The first-order valence-corrected chi connectivity index (χ1v) is 8.97. The highest BCUT2D eigenvalue weighted by atomic mass is 32.1. The Labute approximate surface area is 157 Å². The van der Waals surface area contributed by atoms with Crippen LogP contribution in [0.3, 0.4) is 0 Å². The fourth-order valence-electron chi connectivity index (χ4n) is 2.52. The van der Waals surface area contributed by atoms with E-state index in [1.54, 1.807) is 24.3 Å². The van der Waals surface area contributed by atoms with Crippen LogP contribution in [0.5, 0.6) is 5.75 Å². The molecule has 0 aliphatic rings. The smallest absolute Gasteiger partial charge is 0.291 e. The minimum absolute atomic E-state index is 0.233. The average Bonchev–Trinajstić information content (AvgIpc) is 3.22. The molecular weight excluding hydrogens is 365 g/mol. The zero-order chi connectivity index (χ0) is 18.8. The molecule has 134 valence electrons. The SMILES string of the molecule is C=CCOc1ccc(/C=c2\sc3nc(-c4ccc(F)cc4)nn3c2=O)cc1. The van der Waals surface area contributed by atoms with Crippen LogP contribution in [0.2, 0.25) is 0 Å². The molecule has 0 spiro atoms. The third-order valence-electron chi connectivity index (χ3n) is 3.83. The number of fused-ring (bicyclic) bond motifs is 1. The van der Waals surface area contributed by atoms with Gasteiger partial charge in [-0.2, -0.15) is 9.50 Å². The Hall–Kier alpha value is -3.32. The quantitative estimate of drug-likeness (QED) is 0.500. The summed E-state index contributed by atoms with van der Waals surface area (Å²) in [5.41, 5.74) is 1.30. The standard InChI is InChI=1S/C20H14FN3O2S/c1-2-11-26-16-9-3-13(4-10-16)12-17-19(25)24-20(27-17)22-18(23-24)14-5-7-15(21)8-6-14/h2-10,12H,1,11H2/b17-12-. The van der Waals surface area contributed by atoms with Crippen LogP contribution >= 0.6 is 11.3 Å². The van der Waals surface area contributed by atoms with E-state index in [0.717, 1.165) is 11.3 Å². The van der Waals surface area contributed by atoms with E-state index in [4.69, 9.17) is 4.74 Å². The maximum Gasteiger partial charge on any atom is 0.291 e. The summed E-state index contributed by atoms with van der Waals surface area (Å²) >= 11 is 1.26. The average molecular weight is 379 g/mol. The molecule has 0 saturated heterocycles. The van der Waals surface area contributed by atoms with Gasteiger partial charge < -0.3 is 4.74 Å². The molecule has 0 fully saturated rings. The molecule has 27 heavy (non-hydrogen) atoms. The first kappa shape index (κ1) is 17.1. The van der Waals surface area contributed by atoms with Crippen molar-refractivity contribution in [3.63, 3.8) is 0 Å². The van der Waals surface area contributed by atoms with Gasteiger partial charge in [-0.15, -0.1) is 5.10 Å². The Balaban J connectivity index is 1.67. The second kappa shape index (κ2) is 7.13. The molecule has 2 aromatic heterocycles. The third kappa shape index (κ3) is 3.50. The van der Waals surface area contributed by atoms with Gasteiger partial charge in [0.1, 0.15) is 18.2 Å². The van der Waals surface area contributed by atoms with Gasteiger partial charge >= 0.3 is 0 Å². The van der Waals surface area contributed by atoms with Crippen molar-refractivity contribution < 1.29 is 9.13 Å². The van der Waals surface area contributed by atoms with Gasteiger partial charge in [0, 0.05) is 5.56 Å². The second-order valence-electron chi connectivity index (χ2n) is 5.72. The molecule has 0 atom stereocenters. The van der Waals surface area contributed by atoms with E-state index in [-0.39, 0.29) is 11.4 Å². The Bertz CT molecular complexity index is 1210. The molecule has 2 aromatic carbocycles. The molecule has 4 rings (SSSR count). The number of thiazole rings is 1. The van der Waals surface area contributed by atoms with Gasteiger partial charge in [-0.1, -0.05) is 36.1 Å². The Morgan fingerprint density at radius 3 is 2.56 bits per heavy atom.